The Balaban J connectivity index is 1.80. The van der Waals surface area contributed by atoms with Crippen molar-refractivity contribution in [1.29, 1.82) is 0 Å². The number of carbonyl (C=O) groups is 2. The molecular weight excluding hydrogens is 324 g/mol. The topological polar surface area (TPSA) is 42.3 Å². The van der Waals surface area contributed by atoms with Gasteiger partial charge in [0.05, 0.1) is 0 Å². The summed E-state index contributed by atoms with van der Waals surface area (Å²) in [5.74, 6) is 0.155. The fourth-order valence-electron chi connectivity index (χ4n) is 3.15. The quantitative estimate of drug-likeness (QED) is 0.603. The van der Waals surface area contributed by atoms with Gasteiger partial charge in [0.1, 0.15) is 0 Å². The van der Waals surface area contributed by atoms with E-state index in [4.69, 9.17) is 0 Å². The van der Waals surface area contributed by atoms with Crippen LogP contribution in [0.5, 0.6) is 0 Å². The smallest absolute Gasteiger partial charge is 0.219 e. The fourth-order valence-corrected chi connectivity index (χ4v) is 3.15. The van der Waals surface area contributed by atoms with E-state index in [0.717, 1.165) is 23.0 Å². The number of carbonyl (C=O) groups excluding carboxylic acids is 2. The Morgan fingerprint density at radius 2 is 1.69 bits per heavy atom. The summed E-state index contributed by atoms with van der Waals surface area (Å²) >= 11 is 0. The zero-order valence-electron chi connectivity index (χ0n) is 15.3. The summed E-state index contributed by atoms with van der Waals surface area (Å²) in [5, 5.41) is 0.994. The first-order valence-electron chi connectivity index (χ1n) is 8.93. The van der Waals surface area contributed by atoms with Crippen molar-refractivity contribution in [2.45, 2.75) is 26.3 Å². The molecule has 1 heterocycles. The number of aromatic nitrogens is 1. The van der Waals surface area contributed by atoms with Gasteiger partial charge in [-0.05, 0) is 18.1 Å². The summed E-state index contributed by atoms with van der Waals surface area (Å²) in [7, 11) is 1.76. The summed E-state index contributed by atoms with van der Waals surface area (Å²) in [4.78, 5) is 25.7. The van der Waals surface area contributed by atoms with Crippen LogP contribution in [0, 0.1) is 0 Å². The number of ketones is 1. The molecule has 3 rings (SSSR count). The summed E-state index contributed by atoms with van der Waals surface area (Å²) in [6, 6.07) is 18.3. The highest BCUT2D eigenvalue weighted by atomic mass is 16.2. The van der Waals surface area contributed by atoms with E-state index in [-0.39, 0.29) is 11.7 Å². The van der Waals surface area contributed by atoms with Crippen molar-refractivity contribution in [2.75, 3.05) is 13.6 Å². The van der Waals surface area contributed by atoms with Crippen LogP contribution in [0.1, 0.15) is 35.7 Å². The van der Waals surface area contributed by atoms with Crippen LogP contribution in [0.15, 0.2) is 60.8 Å². The van der Waals surface area contributed by atoms with Gasteiger partial charge in [0.2, 0.25) is 5.91 Å². The number of rotatable bonds is 7. The Morgan fingerprint density at radius 1 is 1.00 bits per heavy atom. The van der Waals surface area contributed by atoms with Gasteiger partial charge in [-0.3, -0.25) is 9.59 Å². The van der Waals surface area contributed by atoms with Crippen LogP contribution in [0.2, 0.25) is 0 Å². The van der Waals surface area contributed by atoms with Gasteiger partial charge in [-0.1, -0.05) is 48.5 Å². The second-order valence-corrected chi connectivity index (χ2v) is 6.64. The standard InChI is InChI=1S/C22H24N2O2/c1-17(25)23(2)14-8-13-22(26)20-16-24(15-18-9-4-3-5-10-18)21-12-7-6-11-19(20)21/h3-7,9-12,16H,8,13-15H2,1-2H3. The number of Topliss-reactive ketones (excluding diaryl/α,β-unsaturated/α-hetero) is 1. The predicted molar refractivity (Wildman–Crippen MR) is 104 cm³/mol. The van der Waals surface area contributed by atoms with Crippen LogP contribution in [-0.2, 0) is 11.3 Å². The molecule has 0 saturated heterocycles. The van der Waals surface area contributed by atoms with E-state index in [9.17, 15) is 9.59 Å². The third kappa shape index (κ3) is 4.02. The first-order valence-corrected chi connectivity index (χ1v) is 8.93. The maximum absolute atomic E-state index is 12.8. The number of benzene rings is 2. The average molecular weight is 348 g/mol. The highest BCUT2D eigenvalue weighted by Gasteiger charge is 2.15. The van der Waals surface area contributed by atoms with Gasteiger partial charge in [-0.2, -0.15) is 0 Å². The second kappa shape index (κ2) is 8.00. The monoisotopic (exact) mass is 348 g/mol. The summed E-state index contributed by atoms with van der Waals surface area (Å²) in [6.45, 7) is 2.88. The third-order valence-electron chi connectivity index (χ3n) is 4.72. The van der Waals surface area contributed by atoms with Crippen molar-refractivity contribution < 1.29 is 9.59 Å². The van der Waals surface area contributed by atoms with Crippen molar-refractivity contribution >= 4 is 22.6 Å². The molecule has 0 saturated carbocycles. The van der Waals surface area contributed by atoms with Gasteiger partial charge in [0.15, 0.2) is 5.78 Å². The minimum absolute atomic E-state index is 0.0249. The number of hydrogen-bond donors (Lipinski definition) is 0. The molecule has 0 fully saturated rings. The van der Waals surface area contributed by atoms with Crippen LogP contribution in [-0.4, -0.2) is 34.7 Å². The van der Waals surface area contributed by atoms with Gasteiger partial charge >= 0.3 is 0 Å². The maximum Gasteiger partial charge on any atom is 0.219 e. The first-order chi connectivity index (χ1) is 12.6. The molecule has 1 aromatic heterocycles. The van der Waals surface area contributed by atoms with Crippen molar-refractivity contribution in [2.24, 2.45) is 0 Å². The largest absolute Gasteiger partial charge is 0.346 e. The van der Waals surface area contributed by atoms with Crippen molar-refractivity contribution in [1.82, 2.24) is 9.47 Å². The highest BCUT2D eigenvalue weighted by molar-refractivity contribution is 6.08. The Hall–Kier alpha value is -2.88. The number of nitrogens with zero attached hydrogens (tertiary/aromatic N) is 2. The number of amides is 1. The van der Waals surface area contributed by atoms with E-state index in [2.05, 4.69) is 22.8 Å². The van der Waals surface area contributed by atoms with E-state index >= 15 is 0 Å². The van der Waals surface area contributed by atoms with Crippen molar-refractivity contribution in [3.8, 4) is 0 Å². The molecule has 0 radical (unpaired) electrons. The minimum Gasteiger partial charge on any atom is -0.346 e. The predicted octanol–water partition coefficient (Wildman–Crippen LogP) is 4.13. The lowest BCUT2D eigenvalue weighted by molar-refractivity contribution is -0.127. The highest BCUT2D eigenvalue weighted by Crippen LogP contribution is 2.24. The second-order valence-electron chi connectivity index (χ2n) is 6.64. The van der Waals surface area contributed by atoms with Gasteiger partial charge in [0, 0.05) is 56.1 Å². The molecule has 2 aromatic carbocycles. The van der Waals surface area contributed by atoms with E-state index in [1.807, 2.05) is 42.6 Å². The molecule has 0 bridgehead atoms. The molecule has 0 aliphatic heterocycles. The Morgan fingerprint density at radius 3 is 2.42 bits per heavy atom. The molecule has 0 N–H and O–H groups in total. The summed E-state index contributed by atoms with van der Waals surface area (Å²) < 4.78 is 2.14. The average Bonchev–Trinajstić information content (AvgIpc) is 3.01. The van der Waals surface area contributed by atoms with Gasteiger partial charge in [-0.15, -0.1) is 0 Å². The van der Waals surface area contributed by atoms with Crippen molar-refractivity contribution in [3.05, 3.63) is 71.9 Å². The SMILES string of the molecule is CC(=O)N(C)CCCC(=O)c1cn(Cc2ccccc2)c2ccccc12. The third-order valence-corrected chi connectivity index (χ3v) is 4.72. The first kappa shape index (κ1) is 17.9. The lowest BCUT2D eigenvalue weighted by Gasteiger charge is -2.13. The molecule has 0 aliphatic carbocycles. The molecule has 1 amide bonds. The number of para-hydroxylation sites is 1. The van der Waals surface area contributed by atoms with Gasteiger partial charge in [0.25, 0.3) is 0 Å². The zero-order chi connectivity index (χ0) is 18.5. The molecular formula is C22H24N2O2. The molecule has 4 heteroatoms. The molecule has 4 nitrogen and oxygen atoms in total. The van der Waals surface area contributed by atoms with E-state index in [1.54, 1.807) is 18.9 Å². The van der Waals surface area contributed by atoms with Crippen LogP contribution in [0.3, 0.4) is 0 Å². The van der Waals surface area contributed by atoms with Crippen LogP contribution < -0.4 is 0 Å². The lowest BCUT2D eigenvalue weighted by Crippen LogP contribution is -2.25. The van der Waals surface area contributed by atoms with E-state index in [0.29, 0.717) is 19.4 Å². The molecule has 0 atom stereocenters. The van der Waals surface area contributed by atoms with Gasteiger partial charge < -0.3 is 9.47 Å². The summed E-state index contributed by atoms with van der Waals surface area (Å²) in [6.07, 6.45) is 3.08. The van der Waals surface area contributed by atoms with Crippen molar-refractivity contribution in [3.63, 3.8) is 0 Å². The molecule has 134 valence electrons. The van der Waals surface area contributed by atoms with Crippen LogP contribution in [0.4, 0.5) is 0 Å². The normalized spacial score (nSPS) is 10.8. The van der Waals surface area contributed by atoms with E-state index < -0.39 is 0 Å². The van der Waals surface area contributed by atoms with E-state index in [1.165, 1.54) is 5.56 Å². The molecule has 0 spiro atoms. The number of fused-ring (bicyclic) bond motifs is 1. The number of hydrogen-bond acceptors (Lipinski definition) is 2. The lowest BCUT2D eigenvalue weighted by atomic mass is 10.1. The molecule has 0 aliphatic rings. The Labute approximate surface area is 154 Å². The molecule has 0 unspecified atom stereocenters. The zero-order valence-corrected chi connectivity index (χ0v) is 15.3. The van der Waals surface area contributed by atoms with Crippen LogP contribution >= 0.6 is 0 Å². The Bertz CT molecular complexity index is 912. The Kier molecular flexibility index (Phi) is 5.52. The fraction of sp³-hybridized carbons (Fsp3) is 0.273. The minimum atomic E-state index is 0.0249. The maximum atomic E-state index is 12.8. The molecule has 26 heavy (non-hydrogen) atoms. The van der Waals surface area contributed by atoms with Gasteiger partial charge in [-0.25, -0.2) is 0 Å². The van der Waals surface area contributed by atoms with Crippen LogP contribution in [0.25, 0.3) is 10.9 Å². The summed E-state index contributed by atoms with van der Waals surface area (Å²) in [5.41, 5.74) is 3.04. The molecule has 3 aromatic rings.